The lowest BCUT2D eigenvalue weighted by Crippen LogP contribution is -2.47. The average molecular weight is 494 g/mol. The van der Waals surface area contributed by atoms with Crippen LogP contribution in [-0.2, 0) is 9.59 Å². The second-order valence-corrected chi connectivity index (χ2v) is 12.0. The fourth-order valence-electron chi connectivity index (χ4n) is 7.41. The van der Waals surface area contributed by atoms with Crippen LogP contribution in [0.25, 0.3) is 0 Å². The van der Waals surface area contributed by atoms with Gasteiger partial charge in [-0.05, 0) is 63.5 Å². The van der Waals surface area contributed by atoms with Crippen LogP contribution in [0.15, 0.2) is 18.2 Å². The van der Waals surface area contributed by atoms with Crippen molar-refractivity contribution in [2.24, 2.45) is 11.8 Å². The Balaban J connectivity index is 1.46. The normalized spacial score (nSPS) is 23.3. The Hall–Kier alpha value is -1.91. The molecule has 0 aromatic carbocycles. The summed E-state index contributed by atoms with van der Waals surface area (Å²) in [4.78, 5) is 37.3. The number of rotatable bonds is 6. The van der Waals surface area contributed by atoms with E-state index in [9.17, 15) is 9.59 Å². The zero-order chi connectivity index (χ0) is 24.7. The minimum absolute atomic E-state index is 0.129. The molecule has 0 spiro atoms. The summed E-state index contributed by atoms with van der Waals surface area (Å²) in [5.41, 5.74) is 0. The number of carbonyl (C=O) groups is 2. The summed E-state index contributed by atoms with van der Waals surface area (Å²) in [6.07, 6.45) is 22.7. The number of anilines is 2. The van der Waals surface area contributed by atoms with Crippen LogP contribution >= 0.6 is 0 Å². The van der Waals surface area contributed by atoms with Crippen molar-refractivity contribution in [2.75, 3.05) is 9.80 Å². The Morgan fingerprint density at radius 3 is 1.22 bits per heavy atom. The van der Waals surface area contributed by atoms with Crippen LogP contribution in [0.5, 0.6) is 0 Å². The van der Waals surface area contributed by atoms with E-state index in [0.29, 0.717) is 0 Å². The Morgan fingerprint density at radius 1 is 0.528 bits per heavy atom. The van der Waals surface area contributed by atoms with Gasteiger partial charge in [0.2, 0.25) is 11.8 Å². The van der Waals surface area contributed by atoms with Crippen molar-refractivity contribution in [3.05, 3.63) is 18.2 Å². The van der Waals surface area contributed by atoms with Crippen LogP contribution in [0.2, 0.25) is 0 Å². The topological polar surface area (TPSA) is 53.5 Å². The second-order valence-electron chi connectivity index (χ2n) is 12.0. The number of hydrogen-bond donors (Lipinski definition) is 0. The highest BCUT2D eigenvalue weighted by molar-refractivity contribution is 5.97. The van der Waals surface area contributed by atoms with Gasteiger partial charge in [0.1, 0.15) is 11.6 Å². The third-order valence-corrected chi connectivity index (χ3v) is 9.48. The van der Waals surface area contributed by atoms with E-state index in [1.807, 2.05) is 18.2 Å². The Kier molecular flexibility index (Phi) is 8.97. The van der Waals surface area contributed by atoms with Crippen LogP contribution in [0.4, 0.5) is 11.6 Å². The van der Waals surface area contributed by atoms with Gasteiger partial charge in [0.05, 0.1) is 0 Å². The van der Waals surface area contributed by atoms with Crippen LogP contribution in [0.3, 0.4) is 0 Å². The van der Waals surface area contributed by atoms with Crippen LogP contribution in [0.1, 0.15) is 128 Å². The summed E-state index contributed by atoms with van der Waals surface area (Å²) in [5, 5.41) is 0. The zero-order valence-electron chi connectivity index (χ0n) is 22.3. The van der Waals surface area contributed by atoms with Crippen molar-refractivity contribution in [1.82, 2.24) is 4.98 Å². The Bertz CT molecular complexity index is 795. The lowest BCUT2D eigenvalue weighted by molar-refractivity contribution is -0.124. The summed E-state index contributed by atoms with van der Waals surface area (Å²) in [6, 6.07) is 6.60. The Labute approximate surface area is 218 Å². The molecule has 5 rings (SSSR count). The molecule has 0 bridgehead atoms. The number of pyridine rings is 1. The molecule has 4 aliphatic rings. The SMILES string of the molecule is O=C(C1CCCCC1)N(c1cccc(N(C(=O)C2CCCCC2)C2CCCCC2)n1)C1CCCCC1. The molecule has 0 radical (unpaired) electrons. The molecule has 0 N–H and O–H groups in total. The van der Waals surface area contributed by atoms with Crippen molar-refractivity contribution < 1.29 is 9.59 Å². The summed E-state index contributed by atoms with van der Waals surface area (Å²) in [6.45, 7) is 0. The van der Waals surface area contributed by atoms with Gasteiger partial charge in [-0.3, -0.25) is 19.4 Å². The predicted molar refractivity (Wildman–Crippen MR) is 146 cm³/mol. The van der Waals surface area contributed by atoms with Gasteiger partial charge in [-0.25, -0.2) is 4.98 Å². The van der Waals surface area contributed by atoms with Crippen molar-refractivity contribution >= 4 is 23.5 Å². The van der Waals surface area contributed by atoms with Gasteiger partial charge < -0.3 is 0 Å². The molecular weight excluding hydrogens is 446 g/mol. The van der Waals surface area contributed by atoms with E-state index in [-0.39, 0.29) is 35.7 Å². The first-order chi connectivity index (χ1) is 17.7. The second kappa shape index (κ2) is 12.6. The molecule has 0 aliphatic heterocycles. The van der Waals surface area contributed by atoms with E-state index in [0.717, 1.165) is 88.7 Å². The fraction of sp³-hybridized carbons (Fsp3) is 0.774. The number of amides is 2. The quantitative estimate of drug-likeness (QED) is 0.410. The lowest BCUT2D eigenvalue weighted by atomic mass is 9.86. The molecule has 5 nitrogen and oxygen atoms in total. The largest absolute Gasteiger partial charge is 0.293 e. The minimum atomic E-state index is 0.129. The monoisotopic (exact) mass is 493 g/mol. The van der Waals surface area contributed by atoms with E-state index in [4.69, 9.17) is 4.98 Å². The van der Waals surface area contributed by atoms with E-state index in [2.05, 4.69) is 9.80 Å². The molecule has 0 unspecified atom stereocenters. The first-order valence-corrected chi connectivity index (χ1v) is 15.4. The van der Waals surface area contributed by atoms with Gasteiger partial charge in [-0.15, -0.1) is 0 Å². The third-order valence-electron chi connectivity index (χ3n) is 9.48. The van der Waals surface area contributed by atoms with E-state index in [1.54, 1.807) is 0 Å². The zero-order valence-corrected chi connectivity index (χ0v) is 22.3. The van der Waals surface area contributed by atoms with Crippen molar-refractivity contribution in [3.63, 3.8) is 0 Å². The smallest absolute Gasteiger partial charge is 0.231 e. The van der Waals surface area contributed by atoms with Gasteiger partial charge in [0, 0.05) is 23.9 Å². The molecule has 5 heteroatoms. The van der Waals surface area contributed by atoms with E-state index < -0.39 is 0 Å². The average Bonchev–Trinajstić information content (AvgIpc) is 2.96. The standard InChI is InChI=1S/C31H47N3O2/c35-30(24-14-5-1-6-15-24)33(26-18-9-3-10-19-26)28-22-13-23-29(32-28)34(27-20-11-4-12-21-27)31(36)25-16-7-2-8-17-25/h13,22-27H,1-12,14-21H2. The first-order valence-electron chi connectivity index (χ1n) is 15.4. The molecule has 198 valence electrons. The van der Waals surface area contributed by atoms with E-state index in [1.165, 1.54) is 51.4 Å². The molecule has 0 saturated heterocycles. The van der Waals surface area contributed by atoms with Crippen molar-refractivity contribution in [3.8, 4) is 0 Å². The Morgan fingerprint density at radius 2 is 0.861 bits per heavy atom. The van der Waals surface area contributed by atoms with E-state index >= 15 is 0 Å². The molecule has 4 fully saturated rings. The maximum Gasteiger partial charge on any atom is 0.231 e. The van der Waals surface area contributed by atoms with Crippen molar-refractivity contribution in [2.45, 2.75) is 141 Å². The molecular formula is C31H47N3O2. The van der Waals surface area contributed by atoms with Gasteiger partial charge in [0.15, 0.2) is 0 Å². The fourth-order valence-corrected chi connectivity index (χ4v) is 7.41. The summed E-state index contributed by atoms with van der Waals surface area (Å²) >= 11 is 0. The summed E-state index contributed by atoms with van der Waals surface area (Å²) in [5.74, 6) is 2.40. The summed E-state index contributed by atoms with van der Waals surface area (Å²) in [7, 11) is 0. The molecule has 2 amide bonds. The number of hydrogen-bond acceptors (Lipinski definition) is 3. The lowest BCUT2D eigenvalue weighted by Gasteiger charge is -2.39. The van der Waals surface area contributed by atoms with Gasteiger partial charge in [0.25, 0.3) is 0 Å². The first kappa shape index (κ1) is 25.7. The molecule has 4 saturated carbocycles. The number of aromatic nitrogens is 1. The maximum absolute atomic E-state index is 14.0. The highest BCUT2D eigenvalue weighted by atomic mass is 16.2. The third kappa shape index (κ3) is 5.97. The van der Waals surface area contributed by atoms with Gasteiger partial charge in [-0.1, -0.05) is 83.1 Å². The maximum atomic E-state index is 14.0. The molecule has 0 atom stereocenters. The molecule has 36 heavy (non-hydrogen) atoms. The summed E-state index contributed by atoms with van der Waals surface area (Å²) < 4.78 is 0. The van der Waals surface area contributed by atoms with Gasteiger partial charge >= 0.3 is 0 Å². The highest BCUT2D eigenvalue weighted by Gasteiger charge is 2.36. The predicted octanol–water partition coefficient (Wildman–Crippen LogP) is 7.57. The molecule has 1 aromatic heterocycles. The molecule has 4 aliphatic carbocycles. The number of nitrogens with zero attached hydrogens (tertiary/aromatic N) is 3. The van der Waals surface area contributed by atoms with Crippen molar-refractivity contribution in [1.29, 1.82) is 0 Å². The minimum Gasteiger partial charge on any atom is -0.293 e. The van der Waals surface area contributed by atoms with Crippen LogP contribution < -0.4 is 9.80 Å². The highest BCUT2D eigenvalue weighted by Crippen LogP contribution is 2.36. The van der Waals surface area contributed by atoms with Crippen LogP contribution in [0, 0.1) is 11.8 Å². The molecule has 1 heterocycles. The van der Waals surface area contributed by atoms with Crippen LogP contribution in [-0.4, -0.2) is 28.9 Å². The van der Waals surface area contributed by atoms with Gasteiger partial charge in [-0.2, -0.15) is 0 Å². The number of carbonyl (C=O) groups excluding carboxylic acids is 2. The molecule has 1 aromatic rings.